The molecule has 0 aliphatic rings. The second-order valence-electron chi connectivity index (χ2n) is 5.24. The molecule has 0 saturated carbocycles. The van der Waals surface area contributed by atoms with Crippen LogP contribution in [0.5, 0.6) is 0 Å². The van der Waals surface area contributed by atoms with Gasteiger partial charge in [-0.05, 0) is 45.4 Å². The zero-order valence-electron chi connectivity index (χ0n) is 11.3. The first-order valence-electron chi connectivity index (χ1n) is 5.97. The summed E-state index contributed by atoms with van der Waals surface area (Å²) in [5.41, 5.74) is 0.525. The van der Waals surface area contributed by atoms with Crippen molar-refractivity contribution < 1.29 is 13.9 Å². The first kappa shape index (κ1) is 14.6. The van der Waals surface area contributed by atoms with Gasteiger partial charge in [-0.1, -0.05) is 12.1 Å². The maximum absolute atomic E-state index is 12.8. The lowest BCUT2D eigenvalue weighted by atomic mass is 10.1. The molecule has 0 heterocycles. The summed E-state index contributed by atoms with van der Waals surface area (Å²) in [5.74, 6) is -0.463. The molecule has 0 aliphatic heterocycles. The minimum atomic E-state index is -0.337. The fraction of sp³-hybridized carbons (Fsp3) is 0.500. The van der Waals surface area contributed by atoms with E-state index in [0.717, 1.165) is 5.56 Å². The molecule has 100 valence electrons. The number of amides is 1. The van der Waals surface area contributed by atoms with Crippen LogP contribution in [0.25, 0.3) is 0 Å². The summed E-state index contributed by atoms with van der Waals surface area (Å²) < 4.78 is 18.1. The zero-order valence-corrected chi connectivity index (χ0v) is 11.3. The summed E-state index contributed by atoms with van der Waals surface area (Å²) in [6.07, 6.45) is 0. The number of carbonyl (C=O) groups is 1. The second kappa shape index (κ2) is 5.96. The third-order valence-corrected chi connectivity index (χ3v) is 2.38. The molecule has 18 heavy (non-hydrogen) atoms. The van der Waals surface area contributed by atoms with E-state index in [1.54, 1.807) is 12.1 Å². The van der Waals surface area contributed by atoms with Gasteiger partial charge in [-0.2, -0.15) is 0 Å². The Morgan fingerprint density at radius 1 is 1.33 bits per heavy atom. The Kier molecular flexibility index (Phi) is 4.84. The fourth-order valence-corrected chi connectivity index (χ4v) is 1.40. The summed E-state index contributed by atoms with van der Waals surface area (Å²) in [7, 11) is 0. The lowest BCUT2D eigenvalue weighted by Gasteiger charge is -2.20. The van der Waals surface area contributed by atoms with E-state index in [1.165, 1.54) is 12.1 Å². The van der Waals surface area contributed by atoms with Crippen molar-refractivity contribution in [1.82, 2.24) is 5.32 Å². The van der Waals surface area contributed by atoms with Gasteiger partial charge in [-0.25, -0.2) is 4.39 Å². The van der Waals surface area contributed by atoms with Gasteiger partial charge < -0.3 is 10.1 Å². The lowest BCUT2D eigenvalue weighted by Crippen LogP contribution is -2.33. The minimum Gasteiger partial charge on any atom is -0.366 e. The van der Waals surface area contributed by atoms with Gasteiger partial charge in [0.15, 0.2) is 0 Å². The molecule has 0 fully saturated rings. The molecule has 1 N–H and O–H groups in total. The monoisotopic (exact) mass is 253 g/mol. The largest absolute Gasteiger partial charge is 0.366 e. The smallest absolute Gasteiger partial charge is 0.246 e. The Balaban J connectivity index is 2.47. The average Bonchev–Trinajstić information content (AvgIpc) is 2.26. The third-order valence-electron chi connectivity index (χ3n) is 2.38. The van der Waals surface area contributed by atoms with Crippen LogP contribution in [0, 0.1) is 5.82 Å². The average molecular weight is 253 g/mol. The summed E-state index contributed by atoms with van der Waals surface area (Å²) in [6, 6.07) is 5.91. The molecule has 0 saturated heterocycles. The predicted molar refractivity (Wildman–Crippen MR) is 68.7 cm³/mol. The van der Waals surface area contributed by atoms with Crippen LogP contribution in [0.15, 0.2) is 24.3 Å². The molecule has 0 aliphatic carbocycles. The zero-order chi connectivity index (χ0) is 13.8. The van der Waals surface area contributed by atoms with Gasteiger partial charge in [0.05, 0.1) is 11.6 Å². The highest BCUT2D eigenvalue weighted by atomic mass is 19.1. The van der Waals surface area contributed by atoms with Crippen LogP contribution >= 0.6 is 0 Å². The highest BCUT2D eigenvalue weighted by Crippen LogP contribution is 2.13. The molecule has 0 aromatic heterocycles. The maximum Gasteiger partial charge on any atom is 0.246 e. The van der Waals surface area contributed by atoms with Crippen molar-refractivity contribution in [2.45, 2.75) is 39.3 Å². The van der Waals surface area contributed by atoms with E-state index in [4.69, 9.17) is 4.74 Å². The molecule has 1 atom stereocenters. The number of carbonyl (C=O) groups excluding carboxylic acids is 1. The molecule has 4 heteroatoms. The molecular weight excluding hydrogens is 233 g/mol. The van der Waals surface area contributed by atoms with Gasteiger partial charge >= 0.3 is 0 Å². The fourth-order valence-electron chi connectivity index (χ4n) is 1.40. The molecule has 1 aromatic rings. The van der Waals surface area contributed by atoms with E-state index in [9.17, 15) is 9.18 Å². The summed E-state index contributed by atoms with van der Waals surface area (Å²) in [4.78, 5) is 11.6. The van der Waals surface area contributed by atoms with Crippen molar-refractivity contribution in [3.8, 4) is 0 Å². The van der Waals surface area contributed by atoms with E-state index in [1.807, 2.05) is 27.7 Å². The van der Waals surface area contributed by atoms with Crippen LogP contribution in [0.3, 0.4) is 0 Å². The molecule has 0 bridgehead atoms. The number of halogens is 1. The number of rotatable bonds is 4. The third kappa shape index (κ3) is 5.27. The molecule has 0 spiro atoms. The number of hydrogen-bond acceptors (Lipinski definition) is 2. The first-order valence-corrected chi connectivity index (χ1v) is 5.97. The lowest BCUT2D eigenvalue weighted by molar-refractivity contribution is -0.131. The van der Waals surface area contributed by atoms with E-state index >= 15 is 0 Å². The van der Waals surface area contributed by atoms with E-state index < -0.39 is 0 Å². The van der Waals surface area contributed by atoms with Crippen molar-refractivity contribution in [2.24, 2.45) is 0 Å². The van der Waals surface area contributed by atoms with Crippen LogP contribution in [0.2, 0.25) is 0 Å². The van der Waals surface area contributed by atoms with Crippen LogP contribution < -0.4 is 5.32 Å². The van der Waals surface area contributed by atoms with Crippen LogP contribution in [-0.2, 0) is 9.53 Å². The molecule has 1 aromatic carbocycles. The Hall–Kier alpha value is -1.42. The summed E-state index contributed by atoms with van der Waals surface area (Å²) >= 11 is 0. The first-order chi connectivity index (χ1) is 8.28. The van der Waals surface area contributed by atoms with E-state index in [0.29, 0.717) is 0 Å². The summed E-state index contributed by atoms with van der Waals surface area (Å²) in [6.45, 7) is 7.55. The van der Waals surface area contributed by atoms with Crippen LogP contribution in [0.1, 0.15) is 39.3 Å². The van der Waals surface area contributed by atoms with Gasteiger partial charge in [-0.3, -0.25) is 4.79 Å². The van der Waals surface area contributed by atoms with E-state index in [2.05, 4.69) is 5.32 Å². The molecule has 1 amide bonds. The molecule has 0 radical (unpaired) electrons. The summed E-state index contributed by atoms with van der Waals surface area (Å²) in [5, 5.41) is 2.80. The van der Waals surface area contributed by atoms with Gasteiger partial charge in [0.2, 0.25) is 5.91 Å². The quantitative estimate of drug-likeness (QED) is 0.896. The number of ether oxygens (including phenoxy) is 1. The van der Waals surface area contributed by atoms with E-state index in [-0.39, 0.29) is 30.0 Å². The van der Waals surface area contributed by atoms with Gasteiger partial charge in [-0.15, -0.1) is 0 Å². The van der Waals surface area contributed by atoms with Gasteiger partial charge in [0, 0.05) is 0 Å². The van der Waals surface area contributed by atoms with Gasteiger partial charge in [0.25, 0.3) is 0 Å². The normalized spacial score (nSPS) is 13.2. The van der Waals surface area contributed by atoms with Crippen LogP contribution in [-0.4, -0.2) is 18.1 Å². The highest BCUT2D eigenvalue weighted by Gasteiger charge is 2.14. The van der Waals surface area contributed by atoms with Crippen molar-refractivity contribution >= 4 is 5.91 Å². The highest BCUT2D eigenvalue weighted by molar-refractivity contribution is 5.77. The SMILES string of the molecule is C[C@@H](NC(=O)COC(C)(C)C)c1ccc(F)cc1. The Morgan fingerprint density at radius 3 is 2.39 bits per heavy atom. The molecule has 0 unspecified atom stereocenters. The predicted octanol–water partition coefficient (Wildman–Crippen LogP) is 2.82. The maximum atomic E-state index is 12.8. The molecule has 3 nitrogen and oxygen atoms in total. The topological polar surface area (TPSA) is 38.3 Å². The van der Waals surface area contributed by atoms with Crippen molar-refractivity contribution in [3.05, 3.63) is 35.6 Å². The number of nitrogens with one attached hydrogen (secondary N) is 1. The Labute approximate surface area is 107 Å². The molecule has 1 rings (SSSR count). The van der Waals surface area contributed by atoms with Gasteiger partial charge in [0.1, 0.15) is 12.4 Å². The standard InChI is InChI=1S/C14H20FNO2/c1-10(11-5-7-12(15)8-6-11)16-13(17)9-18-14(2,3)4/h5-8,10H,9H2,1-4H3,(H,16,17)/t10-/m1/s1. The Morgan fingerprint density at radius 2 is 1.89 bits per heavy atom. The minimum absolute atomic E-state index is 0.0229. The van der Waals surface area contributed by atoms with Crippen LogP contribution in [0.4, 0.5) is 4.39 Å². The molecular formula is C14H20FNO2. The number of benzene rings is 1. The second-order valence-corrected chi connectivity index (χ2v) is 5.24. The Bertz CT molecular complexity index is 395. The van der Waals surface area contributed by atoms with Crippen molar-refractivity contribution in [2.75, 3.05) is 6.61 Å². The number of hydrogen-bond donors (Lipinski definition) is 1. The van der Waals surface area contributed by atoms with Crippen molar-refractivity contribution in [1.29, 1.82) is 0 Å². The van der Waals surface area contributed by atoms with Crippen molar-refractivity contribution in [3.63, 3.8) is 0 Å².